The van der Waals surface area contributed by atoms with Crippen LogP contribution in [0, 0.1) is 13.8 Å². The number of hydrogen-bond donors (Lipinski definition) is 0. The molecule has 0 spiro atoms. The van der Waals surface area contributed by atoms with Crippen LogP contribution in [0.3, 0.4) is 0 Å². The summed E-state index contributed by atoms with van der Waals surface area (Å²) in [5.41, 5.74) is 5.43. The molecule has 3 heteroatoms. The van der Waals surface area contributed by atoms with Crippen LogP contribution >= 0.6 is 0 Å². The maximum Gasteiger partial charge on any atom is 0.155 e. The van der Waals surface area contributed by atoms with Gasteiger partial charge in [0.2, 0.25) is 0 Å². The van der Waals surface area contributed by atoms with E-state index in [1.54, 1.807) is 0 Å². The Bertz CT molecular complexity index is 652. The summed E-state index contributed by atoms with van der Waals surface area (Å²) >= 11 is 0. The molecule has 0 bridgehead atoms. The quantitative estimate of drug-likeness (QED) is 0.554. The molecule has 0 radical (unpaired) electrons. The molecule has 3 nitrogen and oxygen atoms in total. The normalized spacial score (nSPS) is 11.3. The van der Waals surface area contributed by atoms with Crippen molar-refractivity contribution in [3.63, 3.8) is 0 Å². The van der Waals surface area contributed by atoms with Crippen LogP contribution in [0.2, 0.25) is 0 Å². The second-order valence-corrected chi connectivity index (χ2v) is 3.84. The summed E-state index contributed by atoms with van der Waals surface area (Å²) in [6.07, 6.45) is 3.68. The predicted octanol–water partition coefficient (Wildman–Crippen LogP) is 2.50. The minimum atomic E-state index is 0.908. The SMILES string of the molecule is Cc1ccc2ncc3ncc(C)n3c2c1. The van der Waals surface area contributed by atoms with Crippen molar-refractivity contribution < 1.29 is 0 Å². The largest absolute Gasteiger partial charge is 0.294 e. The van der Waals surface area contributed by atoms with Gasteiger partial charge in [-0.15, -0.1) is 0 Å². The van der Waals surface area contributed by atoms with E-state index in [2.05, 4.69) is 40.3 Å². The number of nitrogens with zero attached hydrogens (tertiary/aromatic N) is 3. The highest BCUT2D eigenvalue weighted by atomic mass is 15.0. The van der Waals surface area contributed by atoms with Gasteiger partial charge in [0.1, 0.15) is 0 Å². The van der Waals surface area contributed by atoms with Gasteiger partial charge in [-0.3, -0.25) is 9.38 Å². The van der Waals surface area contributed by atoms with Gasteiger partial charge in [0.25, 0.3) is 0 Å². The lowest BCUT2D eigenvalue weighted by molar-refractivity contribution is 1.14. The summed E-state index contributed by atoms with van der Waals surface area (Å²) in [4.78, 5) is 8.68. The summed E-state index contributed by atoms with van der Waals surface area (Å²) in [5.74, 6) is 0. The van der Waals surface area contributed by atoms with Gasteiger partial charge in [-0.2, -0.15) is 0 Å². The molecule has 3 aromatic rings. The van der Waals surface area contributed by atoms with Crippen LogP contribution in [0.4, 0.5) is 0 Å². The van der Waals surface area contributed by atoms with E-state index in [1.165, 1.54) is 5.56 Å². The standard InChI is InChI=1S/C12H11N3/c1-8-3-4-10-11(5-8)15-9(2)6-14-12(15)7-13-10/h3-7H,1-2H3. The smallest absolute Gasteiger partial charge is 0.155 e. The summed E-state index contributed by atoms with van der Waals surface area (Å²) in [6, 6.07) is 6.26. The Balaban J connectivity index is 2.61. The third-order valence-corrected chi connectivity index (χ3v) is 2.66. The summed E-state index contributed by atoms with van der Waals surface area (Å²) < 4.78 is 2.13. The van der Waals surface area contributed by atoms with E-state index in [9.17, 15) is 0 Å². The van der Waals surface area contributed by atoms with Crippen LogP contribution in [0.1, 0.15) is 11.3 Å². The number of hydrogen-bond acceptors (Lipinski definition) is 2. The molecule has 0 aliphatic heterocycles. The third kappa shape index (κ3) is 1.13. The highest BCUT2D eigenvalue weighted by Gasteiger charge is 2.04. The first-order valence-electron chi connectivity index (χ1n) is 4.95. The van der Waals surface area contributed by atoms with Crippen LogP contribution in [0.5, 0.6) is 0 Å². The van der Waals surface area contributed by atoms with Crippen molar-refractivity contribution in [3.8, 4) is 0 Å². The Morgan fingerprint density at radius 3 is 2.80 bits per heavy atom. The molecule has 0 aliphatic carbocycles. The molecular formula is C12H11N3. The molecule has 0 fully saturated rings. The molecule has 0 saturated heterocycles. The van der Waals surface area contributed by atoms with Crippen molar-refractivity contribution in [3.05, 3.63) is 41.9 Å². The van der Waals surface area contributed by atoms with Crippen LogP contribution in [-0.2, 0) is 0 Å². The van der Waals surface area contributed by atoms with E-state index >= 15 is 0 Å². The van der Waals surface area contributed by atoms with Crippen LogP contribution in [0.25, 0.3) is 16.7 Å². The number of imidazole rings is 1. The minimum absolute atomic E-state index is 0.908. The Kier molecular flexibility index (Phi) is 1.57. The molecule has 0 unspecified atom stereocenters. The highest BCUT2D eigenvalue weighted by Crippen LogP contribution is 2.17. The van der Waals surface area contributed by atoms with Crippen molar-refractivity contribution >= 4 is 16.7 Å². The maximum absolute atomic E-state index is 4.38. The molecule has 2 aromatic heterocycles. The molecule has 1 aromatic carbocycles. The predicted molar refractivity (Wildman–Crippen MR) is 60.0 cm³/mol. The van der Waals surface area contributed by atoms with Crippen molar-refractivity contribution in [2.24, 2.45) is 0 Å². The van der Waals surface area contributed by atoms with Gasteiger partial charge in [0.05, 0.1) is 17.2 Å². The Morgan fingerprint density at radius 1 is 1.07 bits per heavy atom. The zero-order valence-corrected chi connectivity index (χ0v) is 8.73. The lowest BCUT2D eigenvalue weighted by atomic mass is 10.2. The zero-order valence-electron chi connectivity index (χ0n) is 8.73. The van der Waals surface area contributed by atoms with Gasteiger partial charge in [0, 0.05) is 11.9 Å². The fourth-order valence-corrected chi connectivity index (χ4v) is 1.91. The molecule has 0 saturated carbocycles. The maximum atomic E-state index is 4.38. The van der Waals surface area contributed by atoms with E-state index in [1.807, 2.05) is 18.5 Å². The second-order valence-electron chi connectivity index (χ2n) is 3.84. The van der Waals surface area contributed by atoms with Gasteiger partial charge in [0.15, 0.2) is 5.65 Å². The van der Waals surface area contributed by atoms with Crippen molar-refractivity contribution in [1.29, 1.82) is 0 Å². The number of fused-ring (bicyclic) bond motifs is 3. The first-order valence-corrected chi connectivity index (χ1v) is 4.95. The first kappa shape index (κ1) is 8.41. The van der Waals surface area contributed by atoms with Gasteiger partial charge >= 0.3 is 0 Å². The number of rotatable bonds is 0. The van der Waals surface area contributed by atoms with Crippen molar-refractivity contribution in [1.82, 2.24) is 14.4 Å². The van der Waals surface area contributed by atoms with Crippen LogP contribution in [-0.4, -0.2) is 14.4 Å². The highest BCUT2D eigenvalue weighted by molar-refractivity contribution is 5.78. The van der Waals surface area contributed by atoms with Crippen molar-refractivity contribution in [2.45, 2.75) is 13.8 Å². The van der Waals surface area contributed by atoms with Gasteiger partial charge in [-0.25, -0.2) is 4.98 Å². The molecular weight excluding hydrogens is 186 g/mol. The topological polar surface area (TPSA) is 30.2 Å². The average Bonchev–Trinajstić information content (AvgIpc) is 2.60. The van der Waals surface area contributed by atoms with Crippen molar-refractivity contribution in [2.75, 3.05) is 0 Å². The number of aryl methyl sites for hydroxylation is 2. The molecule has 3 rings (SSSR count). The first-order chi connectivity index (χ1) is 7.25. The minimum Gasteiger partial charge on any atom is -0.294 e. The molecule has 0 amide bonds. The van der Waals surface area contributed by atoms with Gasteiger partial charge < -0.3 is 0 Å². The van der Waals surface area contributed by atoms with E-state index in [0.717, 1.165) is 22.4 Å². The summed E-state index contributed by atoms with van der Waals surface area (Å²) in [7, 11) is 0. The molecule has 0 aliphatic rings. The monoisotopic (exact) mass is 197 g/mol. The summed E-state index contributed by atoms with van der Waals surface area (Å²) in [6.45, 7) is 4.15. The van der Waals surface area contributed by atoms with Gasteiger partial charge in [-0.1, -0.05) is 6.07 Å². The Labute approximate surface area is 87.4 Å². The molecule has 74 valence electrons. The lowest BCUT2D eigenvalue weighted by Crippen LogP contribution is -1.93. The Hall–Kier alpha value is -1.90. The molecule has 15 heavy (non-hydrogen) atoms. The lowest BCUT2D eigenvalue weighted by Gasteiger charge is -2.03. The number of benzene rings is 1. The fourth-order valence-electron chi connectivity index (χ4n) is 1.91. The average molecular weight is 197 g/mol. The summed E-state index contributed by atoms with van der Waals surface area (Å²) in [5, 5.41) is 0. The molecule has 2 heterocycles. The Morgan fingerprint density at radius 2 is 1.93 bits per heavy atom. The second kappa shape index (κ2) is 2.79. The third-order valence-electron chi connectivity index (χ3n) is 2.66. The van der Waals surface area contributed by atoms with E-state index in [-0.39, 0.29) is 0 Å². The zero-order chi connectivity index (χ0) is 10.4. The van der Waals surface area contributed by atoms with Crippen LogP contribution in [0.15, 0.2) is 30.6 Å². The van der Waals surface area contributed by atoms with E-state index in [4.69, 9.17) is 0 Å². The van der Waals surface area contributed by atoms with Crippen LogP contribution < -0.4 is 0 Å². The van der Waals surface area contributed by atoms with E-state index in [0.29, 0.717) is 0 Å². The van der Waals surface area contributed by atoms with E-state index < -0.39 is 0 Å². The van der Waals surface area contributed by atoms with Gasteiger partial charge in [-0.05, 0) is 31.5 Å². The fraction of sp³-hybridized carbons (Fsp3) is 0.167. The molecule has 0 atom stereocenters. The molecule has 0 N–H and O–H groups in total. The number of aromatic nitrogens is 3.